The lowest BCUT2D eigenvalue weighted by molar-refractivity contribution is 0.390. The van der Waals surface area contributed by atoms with Gasteiger partial charge in [-0.15, -0.1) is 0 Å². The van der Waals surface area contributed by atoms with Gasteiger partial charge >= 0.3 is 0 Å². The Hall–Kier alpha value is -2.00. The normalized spacial score (nSPS) is 19.5. The van der Waals surface area contributed by atoms with Crippen LogP contribution >= 0.6 is 0 Å². The summed E-state index contributed by atoms with van der Waals surface area (Å²) < 4.78 is 26.9. The third kappa shape index (κ3) is 2.57. The zero-order chi connectivity index (χ0) is 15.7. The summed E-state index contributed by atoms with van der Waals surface area (Å²) in [5.41, 5.74) is 0.677. The van der Waals surface area contributed by atoms with Gasteiger partial charge in [0.25, 0.3) is 0 Å². The molecule has 1 saturated heterocycles. The van der Waals surface area contributed by atoms with Crippen LogP contribution in [0.25, 0.3) is 0 Å². The summed E-state index contributed by atoms with van der Waals surface area (Å²) in [6.45, 7) is 0.478. The molecule has 2 aromatic rings. The van der Waals surface area contributed by atoms with Gasteiger partial charge in [0.15, 0.2) is 0 Å². The second kappa shape index (κ2) is 5.65. The fraction of sp³-hybridized carbons (Fsp3) is 0.462. The van der Waals surface area contributed by atoms with Gasteiger partial charge in [-0.1, -0.05) is 0 Å². The Balaban J connectivity index is 1.96. The van der Waals surface area contributed by atoms with Gasteiger partial charge in [0.2, 0.25) is 10.0 Å². The molecule has 3 rings (SSSR count). The van der Waals surface area contributed by atoms with Crippen molar-refractivity contribution < 1.29 is 8.42 Å². The molecule has 1 aliphatic rings. The fourth-order valence-electron chi connectivity index (χ4n) is 2.59. The summed E-state index contributed by atoms with van der Waals surface area (Å²) in [4.78, 5) is 10.7. The molecule has 0 saturated carbocycles. The third-order valence-electron chi connectivity index (χ3n) is 3.72. The molecule has 1 atom stereocenters. The highest BCUT2D eigenvalue weighted by atomic mass is 32.2. The number of rotatable bonds is 4. The van der Waals surface area contributed by atoms with E-state index in [4.69, 9.17) is 0 Å². The molecule has 0 amide bonds. The molecule has 0 bridgehead atoms. The van der Waals surface area contributed by atoms with Gasteiger partial charge in [0.05, 0.1) is 30.3 Å². The van der Waals surface area contributed by atoms with Gasteiger partial charge in [-0.3, -0.25) is 10.1 Å². The summed E-state index contributed by atoms with van der Waals surface area (Å²) in [7, 11) is 0.187. The van der Waals surface area contributed by atoms with Crippen molar-refractivity contribution >= 4 is 15.8 Å². The number of nitrogens with one attached hydrogen (secondary N) is 1. The fourth-order valence-corrected chi connectivity index (χ4v) is 4.16. The molecular weight excluding hydrogens is 304 g/mol. The van der Waals surface area contributed by atoms with Crippen molar-refractivity contribution in [2.45, 2.75) is 23.8 Å². The zero-order valence-electron chi connectivity index (χ0n) is 12.5. The van der Waals surface area contributed by atoms with Gasteiger partial charge in [0, 0.05) is 26.8 Å². The highest BCUT2D eigenvalue weighted by Gasteiger charge is 2.37. The van der Waals surface area contributed by atoms with E-state index in [1.807, 2.05) is 19.0 Å². The average Bonchev–Trinajstić information content (AvgIpc) is 3.19. The van der Waals surface area contributed by atoms with Crippen LogP contribution in [0.1, 0.15) is 24.6 Å². The monoisotopic (exact) mass is 322 g/mol. The maximum absolute atomic E-state index is 12.7. The predicted molar refractivity (Wildman–Crippen MR) is 80.8 cm³/mol. The first-order valence-corrected chi connectivity index (χ1v) is 8.44. The Morgan fingerprint density at radius 1 is 1.32 bits per heavy atom. The van der Waals surface area contributed by atoms with Crippen LogP contribution in [-0.4, -0.2) is 53.5 Å². The average molecular weight is 322 g/mol. The number of aromatic amines is 1. The second-order valence-corrected chi connectivity index (χ2v) is 7.29. The smallest absolute Gasteiger partial charge is 0.246 e. The Labute approximate surface area is 129 Å². The molecule has 9 heteroatoms. The first kappa shape index (κ1) is 14.9. The van der Waals surface area contributed by atoms with Crippen molar-refractivity contribution in [3.05, 3.63) is 30.5 Å². The van der Waals surface area contributed by atoms with Gasteiger partial charge in [-0.2, -0.15) is 9.40 Å². The topological polar surface area (TPSA) is 95.1 Å². The van der Waals surface area contributed by atoms with E-state index in [1.165, 1.54) is 16.7 Å². The molecule has 22 heavy (non-hydrogen) atoms. The van der Waals surface area contributed by atoms with Crippen molar-refractivity contribution in [2.24, 2.45) is 0 Å². The molecule has 0 aliphatic carbocycles. The molecule has 1 N–H and O–H groups in total. The number of sulfonamides is 1. The van der Waals surface area contributed by atoms with Crippen LogP contribution in [0.15, 0.2) is 29.7 Å². The van der Waals surface area contributed by atoms with Crippen LogP contribution < -0.4 is 4.90 Å². The minimum atomic E-state index is -3.57. The first-order chi connectivity index (χ1) is 10.5. The van der Waals surface area contributed by atoms with E-state index in [0.29, 0.717) is 18.1 Å². The van der Waals surface area contributed by atoms with Gasteiger partial charge < -0.3 is 4.90 Å². The van der Waals surface area contributed by atoms with E-state index in [-0.39, 0.29) is 10.9 Å². The Morgan fingerprint density at radius 3 is 2.82 bits per heavy atom. The predicted octanol–water partition coefficient (Wildman–Crippen LogP) is 0.791. The number of nitrogens with zero attached hydrogens (tertiary/aromatic N) is 5. The molecule has 1 fully saturated rings. The van der Waals surface area contributed by atoms with Crippen molar-refractivity contribution in [3.8, 4) is 0 Å². The van der Waals surface area contributed by atoms with Crippen LogP contribution in [0, 0.1) is 0 Å². The summed E-state index contributed by atoms with van der Waals surface area (Å²) in [5.74, 6) is 0.713. The Morgan fingerprint density at radius 2 is 2.14 bits per heavy atom. The summed E-state index contributed by atoms with van der Waals surface area (Å²) in [6, 6.07) is -0.285. The first-order valence-electron chi connectivity index (χ1n) is 7.00. The van der Waals surface area contributed by atoms with Crippen LogP contribution in [0.2, 0.25) is 0 Å². The highest BCUT2D eigenvalue weighted by molar-refractivity contribution is 7.89. The maximum atomic E-state index is 12.7. The molecule has 0 radical (unpaired) electrons. The van der Waals surface area contributed by atoms with Gasteiger partial charge in [0.1, 0.15) is 10.7 Å². The Kier molecular flexibility index (Phi) is 3.83. The molecule has 2 aromatic heterocycles. The van der Waals surface area contributed by atoms with Crippen molar-refractivity contribution in [1.29, 1.82) is 0 Å². The maximum Gasteiger partial charge on any atom is 0.246 e. The summed E-state index contributed by atoms with van der Waals surface area (Å²) in [6.07, 6.45) is 7.56. The molecular formula is C13H18N6O2S. The van der Waals surface area contributed by atoms with E-state index >= 15 is 0 Å². The van der Waals surface area contributed by atoms with Gasteiger partial charge in [-0.25, -0.2) is 13.4 Å². The molecule has 0 aromatic carbocycles. The molecule has 1 aliphatic heterocycles. The summed E-state index contributed by atoms with van der Waals surface area (Å²) >= 11 is 0. The van der Waals surface area contributed by atoms with Crippen LogP contribution in [0.4, 0.5) is 5.82 Å². The summed E-state index contributed by atoms with van der Waals surface area (Å²) in [5, 5.41) is 6.28. The van der Waals surface area contributed by atoms with Crippen molar-refractivity contribution in [2.75, 3.05) is 25.5 Å². The molecule has 0 spiro atoms. The third-order valence-corrected chi connectivity index (χ3v) is 5.60. The lowest BCUT2D eigenvalue weighted by atomic mass is 10.2. The molecule has 8 nitrogen and oxygen atoms in total. The number of hydrogen-bond acceptors (Lipinski definition) is 6. The van der Waals surface area contributed by atoms with E-state index in [1.54, 1.807) is 12.4 Å². The lowest BCUT2D eigenvalue weighted by Crippen LogP contribution is -2.31. The number of H-pyrrole nitrogens is 1. The highest BCUT2D eigenvalue weighted by Crippen LogP contribution is 2.35. The quantitative estimate of drug-likeness (QED) is 0.894. The van der Waals surface area contributed by atoms with Crippen LogP contribution in [-0.2, 0) is 10.0 Å². The molecule has 118 valence electrons. The van der Waals surface area contributed by atoms with Crippen LogP contribution in [0.3, 0.4) is 0 Å². The Bertz CT molecular complexity index is 744. The van der Waals surface area contributed by atoms with E-state index < -0.39 is 10.0 Å². The van der Waals surface area contributed by atoms with E-state index in [0.717, 1.165) is 12.8 Å². The largest absolute Gasteiger partial charge is 0.361 e. The lowest BCUT2D eigenvalue weighted by Gasteiger charge is -2.23. The van der Waals surface area contributed by atoms with E-state index in [2.05, 4.69) is 20.2 Å². The standard InChI is InChI=1S/C13H18N6O2S/c1-18(2)13-9-14-8-11(17-13)12-4-3-5-19(12)22(20,21)10-6-15-16-7-10/h6-9,12H,3-5H2,1-2H3,(H,15,16)/t12-/m1/s1. The minimum Gasteiger partial charge on any atom is -0.361 e. The number of anilines is 1. The minimum absolute atomic E-state index is 0.177. The van der Waals surface area contributed by atoms with Crippen LogP contribution in [0.5, 0.6) is 0 Å². The SMILES string of the molecule is CN(C)c1cncc([C@H]2CCCN2S(=O)(=O)c2cn[nH]c2)n1. The number of hydrogen-bond donors (Lipinski definition) is 1. The van der Waals surface area contributed by atoms with E-state index in [9.17, 15) is 8.42 Å². The van der Waals surface area contributed by atoms with Crippen molar-refractivity contribution in [1.82, 2.24) is 24.5 Å². The second-order valence-electron chi connectivity index (χ2n) is 5.40. The molecule has 0 unspecified atom stereocenters. The molecule has 3 heterocycles. The number of aromatic nitrogens is 4. The zero-order valence-corrected chi connectivity index (χ0v) is 13.3. The van der Waals surface area contributed by atoms with Gasteiger partial charge in [-0.05, 0) is 12.8 Å². The van der Waals surface area contributed by atoms with Crippen molar-refractivity contribution in [3.63, 3.8) is 0 Å².